The fraction of sp³-hybridized carbons (Fsp3) is 0.769. The number of hydrogen-bond donors (Lipinski definition) is 1. The molecular weight excluding hydrogens is 232 g/mol. The van der Waals surface area contributed by atoms with Gasteiger partial charge in [-0.3, -0.25) is 0 Å². The van der Waals surface area contributed by atoms with Gasteiger partial charge in [0.1, 0.15) is 5.01 Å². The molecule has 0 atom stereocenters. The van der Waals surface area contributed by atoms with Crippen molar-refractivity contribution >= 4 is 11.3 Å². The normalized spacial score (nSPS) is 20.1. The maximum Gasteiger partial charge on any atom is 0.113 e. The Hall–Kier alpha value is -0.450. The van der Waals surface area contributed by atoms with Crippen molar-refractivity contribution in [3.63, 3.8) is 0 Å². The molecule has 0 spiro atoms. The number of ether oxygens (including phenoxy) is 1. The third-order valence-electron chi connectivity index (χ3n) is 3.57. The Morgan fingerprint density at radius 2 is 2.12 bits per heavy atom. The minimum absolute atomic E-state index is 0.114. The van der Waals surface area contributed by atoms with E-state index in [9.17, 15) is 0 Å². The van der Waals surface area contributed by atoms with Crippen LogP contribution in [0.15, 0.2) is 11.6 Å². The van der Waals surface area contributed by atoms with Gasteiger partial charge in [0.15, 0.2) is 0 Å². The lowest BCUT2D eigenvalue weighted by atomic mass is 9.91. The van der Waals surface area contributed by atoms with Crippen molar-refractivity contribution in [3.05, 3.63) is 16.6 Å². The molecule has 96 valence electrons. The highest BCUT2D eigenvalue weighted by molar-refractivity contribution is 7.09. The molecule has 2 rings (SSSR count). The van der Waals surface area contributed by atoms with Gasteiger partial charge in [-0.25, -0.2) is 4.98 Å². The third-order valence-corrected chi connectivity index (χ3v) is 4.55. The summed E-state index contributed by atoms with van der Waals surface area (Å²) in [6, 6.07) is 0. The molecule has 3 nitrogen and oxygen atoms in total. The summed E-state index contributed by atoms with van der Waals surface area (Å²) in [6.45, 7) is 1.68. The molecule has 0 saturated heterocycles. The van der Waals surface area contributed by atoms with Gasteiger partial charge in [-0.2, -0.15) is 0 Å². The zero-order valence-corrected chi connectivity index (χ0v) is 11.4. The zero-order valence-electron chi connectivity index (χ0n) is 10.6. The van der Waals surface area contributed by atoms with E-state index in [-0.39, 0.29) is 5.54 Å². The number of rotatable bonds is 5. The SMILES string of the molecule is COCCNC1(c2nccs2)CCCCCC1. The van der Waals surface area contributed by atoms with Gasteiger partial charge >= 0.3 is 0 Å². The zero-order chi connectivity index (χ0) is 12.0. The number of hydrogen-bond acceptors (Lipinski definition) is 4. The molecule has 0 bridgehead atoms. The maximum absolute atomic E-state index is 5.15. The van der Waals surface area contributed by atoms with Gasteiger partial charge in [0.25, 0.3) is 0 Å². The molecule has 0 radical (unpaired) electrons. The van der Waals surface area contributed by atoms with Gasteiger partial charge in [0.2, 0.25) is 0 Å². The first-order valence-corrected chi connectivity index (χ1v) is 7.39. The Balaban J connectivity index is 2.09. The van der Waals surface area contributed by atoms with Gasteiger partial charge in [0.05, 0.1) is 12.1 Å². The molecule has 1 aromatic heterocycles. The number of aromatic nitrogens is 1. The lowest BCUT2D eigenvalue weighted by molar-refractivity contribution is 0.177. The van der Waals surface area contributed by atoms with Crippen LogP contribution in [0.2, 0.25) is 0 Å². The van der Waals surface area contributed by atoms with Gasteiger partial charge < -0.3 is 10.1 Å². The predicted octanol–water partition coefficient (Wildman–Crippen LogP) is 2.93. The molecule has 1 heterocycles. The minimum atomic E-state index is 0.114. The summed E-state index contributed by atoms with van der Waals surface area (Å²) in [7, 11) is 1.75. The first kappa shape index (κ1) is 13.0. The van der Waals surface area contributed by atoms with Crippen molar-refractivity contribution in [2.24, 2.45) is 0 Å². The van der Waals surface area contributed by atoms with E-state index in [2.05, 4.69) is 15.7 Å². The van der Waals surface area contributed by atoms with E-state index in [0.717, 1.165) is 13.2 Å². The monoisotopic (exact) mass is 254 g/mol. The van der Waals surface area contributed by atoms with E-state index >= 15 is 0 Å². The second-order valence-electron chi connectivity index (χ2n) is 4.75. The van der Waals surface area contributed by atoms with E-state index in [4.69, 9.17) is 4.74 Å². The van der Waals surface area contributed by atoms with Gasteiger partial charge in [0, 0.05) is 25.2 Å². The Bertz CT molecular complexity index is 305. The molecule has 1 aliphatic rings. The predicted molar refractivity (Wildman–Crippen MR) is 71.4 cm³/mol. The first-order valence-electron chi connectivity index (χ1n) is 6.51. The summed E-state index contributed by atoms with van der Waals surface area (Å²) < 4.78 is 5.15. The van der Waals surface area contributed by atoms with Crippen molar-refractivity contribution in [1.82, 2.24) is 10.3 Å². The number of nitrogens with one attached hydrogen (secondary N) is 1. The second kappa shape index (κ2) is 6.47. The van der Waals surface area contributed by atoms with Crippen molar-refractivity contribution in [1.29, 1.82) is 0 Å². The smallest absolute Gasteiger partial charge is 0.113 e. The standard InChI is InChI=1S/C13H22N2OS/c1-16-10-8-15-13(12-14-9-11-17-12)6-4-2-3-5-7-13/h9,11,15H,2-8,10H2,1H3. The van der Waals surface area contributed by atoms with Crippen molar-refractivity contribution in [2.45, 2.75) is 44.1 Å². The lowest BCUT2D eigenvalue weighted by Gasteiger charge is -2.32. The summed E-state index contributed by atoms with van der Waals surface area (Å²) in [5, 5.41) is 7.04. The van der Waals surface area contributed by atoms with Crippen LogP contribution in [0.1, 0.15) is 43.5 Å². The molecule has 0 unspecified atom stereocenters. The molecule has 1 fully saturated rings. The van der Waals surface area contributed by atoms with Crippen LogP contribution in [0.4, 0.5) is 0 Å². The second-order valence-corrected chi connectivity index (χ2v) is 5.65. The van der Waals surface area contributed by atoms with Crippen LogP contribution < -0.4 is 5.32 Å². The fourth-order valence-corrected chi connectivity index (χ4v) is 3.52. The molecule has 1 saturated carbocycles. The molecule has 4 heteroatoms. The van der Waals surface area contributed by atoms with Crippen molar-refractivity contribution in [2.75, 3.05) is 20.3 Å². The Morgan fingerprint density at radius 1 is 1.35 bits per heavy atom. The highest BCUT2D eigenvalue weighted by Gasteiger charge is 2.34. The fourth-order valence-electron chi connectivity index (χ4n) is 2.65. The Labute approximate surface area is 108 Å². The molecule has 1 aromatic rings. The molecule has 1 N–H and O–H groups in total. The molecule has 0 aliphatic heterocycles. The summed E-state index contributed by atoms with van der Waals surface area (Å²) in [5.74, 6) is 0. The third kappa shape index (κ3) is 3.27. The highest BCUT2D eigenvalue weighted by Crippen LogP contribution is 2.36. The van der Waals surface area contributed by atoms with Gasteiger partial charge in [-0.15, -0.1) is 11.3 Å². The van der Waals surface area contributed by atoms with E-state index in [1.807, 2.05) is 6.20 Å². The van der Waals surface area contributed by atoms with Crippen LogP contribution in [0.25, 0.3) is 0 Å². The topological polar surface area (TPSA) is 34.1 Å². The number of methoxy groups -OCH3 is 1. The van der Waals surface area contributed by atoms with E-state index in [1.54, 1.807) is 18.4 Å². The van der Waals surface area contributed by atoms with Crippen molar-refractivity contribution in [3.8, 4) is 0 Å². The lowest BCUT2D eigenvalue weighted by Crippen LogP contribution is -2.43. The van der Waals surface area contributed by atoms with E-state index < -0.39 is 0 Å². The van der Waals surface area contributed by atoms with Crippen LogP contribution in [-0.2, 0) is 10.3 Å². The van der Waals surface area contributed by atoms with Crippen LogP contribution >= 0.6 is 11.3 Å². The molecular formula is C13H22N2OS. The maximum atomic E-state index is 5.15. The molecule has 1 aliphatic carbocycles. The van der Waals surface area contributed by atoms with Crippen molar-refractivity contribution < 1.29 is 4.74 Å². The summed E-state index contributed by atoms with van der Waals surface area (Å²) in [6.07, 6.45) is 9.68. The average Bonchev–Trinajstić information content (AvgIpc) is 2.78. The van der Waals surface area contributed by atoms with Crippen LogP contribution in [-0.4, -0.2) is 25.2 Å². The summed E-state index contributed by atoms with van der Waals surface area (Å²) in [4.78, 5) is 4.55. The number of thiazole rings is 1. The minimum Gasteiger partial charge on any atom is -0.383 e. The quantitative estimate of drug-likeness (QED) is 0.648. The first-order chi connectivity index (χ1) is 8.37. The van der Waals surface area contributed by atoms with E-state index in [0.29, 0.717) is 0 Å². The molecule has 0 aromatic carbocycles. The van der Waals surface area contributed by atoms with Crippen LogP contribution in [0, 0.1) is 0 Å². The Kier molecular flexibility index (Phi) is 4.95. The van der Waals surface area contributed by atoms with Crippen LogP contribution in [0.3, 0.4) is 0 Å². The average molecular weight is 254 g/mol. The molecule has 0 amide bonds. The summed E-state index contributed by atoms with van der Waals surface area (Å²) >= 11 is 1.78. The number of nitrogens with zero attached hydrogens (tertiary/aromatic N) is 1. The van der Waals surface area contributed by atoms with Gasteiger partial charge in [-0.05, 0) is 12.8 Å². The largest absolute Gasteiger partial charge is 0.383 e. The van der Waals surface area contributed by atoms with Gasteiger partial charge in [-0.1, -0.05) is 25.7 Å². The summed E-state index contributed by atoms with van der Waals surface area (Å²) in [5.41, 5.74) is 0.114. The van der Waals surface area contributed by atoms with Crippen LogP contribution in [0.5, 0.6) is 0 Å². The molecule has 17 heavy (non-hydrogen) atoms. The Morgan fingerprint density at radius 3 is 2.71 bits per heavy atom. The highest BCUT2D eigenvalue weighted by atomic mass is 32.1. The van der Waals surface area contributed by atoms with E-state index in [1.165, 1.54) is 43.5 Å².